The molecule has 1 aromatic heterocycles. The van der Waals surface area contributed by atoms with Crippen LogP contribution < -0.4 is 18.9 Å². The van der Waals surface area contributed by atoms with E-state index in [0.717, 1.165) is 0 Å². The fourth-order valence-electron chi connectivity index (χ4n) is 0.464. The third-order valence-electron chi connectivity index (χ3n) is 0.916. The van der Waals surface area contributed by atoms with E-state index in [-0.39, 0.29) is 18.9 Å². The Bertz CT molecular complexity index is 313. The average molecular weight is 223 g/mol. The van der Waals surface area contributed by atoms with Gasteiger partial charge in [-0.3, -0.25) is 4.21 Å². The number of hydrogen-bond acceptors (Lipinski definition) is 4. The molecular weight excluding hydrogens is 222 g/mol. The summed E-state index contributed by atoms with van der Waals surface area (Å²) in [5.74, 6) is 0. The third-order valence-corrected chi connectivity index (χ3v) is 2.62. The summed E-state index contributed by atoms with van der Waals surface area (Å²) >= 11 is -2.24. The Morgan fingerprint density at radius 2 is 2.08 bits per heavy atom. The molecule has 0 aliphatic carbocycles. The minimum Gasteiger partial charge on any atom is -0.767 e. The molecule has 3 nitrogen and oxygen atoms in total. The van der Waals surface area contributed by atoms with E-state index < -0.39 is 27.3 Å². The van der Waals surface area contributed by atoms with E-state index in [9.17, 15) is 21.9 Å². The zero-order valence-electron chi connectivity index (χ0n) is 6.29. The number of thiazole rings is 1. The van der Waals surface area contributed by atoms with Crippen molar-refractivity contribution in [3.8, 4) is 0 Å². The summed E-state index contributed by atoms with van der Waals surface area (Å²) < 4.78 is 55.1. The van der Waals surface area contributed by atoms with E-state index >= 15 is 0 Å². The molecule has 0 saturated carbocycles. The number of hydrogen-bond donors (Lipinski definition) is 0. The van der Waals surface area contributed by atoms with Gasteiger partial charge < -0.3 is 4.55 Å². The molecule has 1 atom stereocenters. The second kappa shape index (κ2) is 4.57. The molecule has 68 valence electrons. The Hall–Kier alpha value is 0.127. The van der Waals surface area contributed by atoms with Crippen molar-refractivity contribution in [2.24, 2.45) is 0 Å². The topological polar surface area (TPSA) is 53.0 Å². The van der Waals surface area contributed by atoms with Gasteiger partial charge in [0.25, 0.3) is 0 Å². The van der Waals surface area contributed by atoms with E-state index in [1.807, 2.05) is 0 Å². The van der Waals surface area contributed by atoms with Crippen molar-refractivity contribution in [2.75, 3.05) is 0 Å². The van der Waals surface area contributed by atoms with Gasteiger partial charge in [0.2, 0.25) is 0 Å². The number of nitrogens with zero attached hydrogens (tertiary/aromatic N) is 1. The Balaban J connectivity index is 0.00000144. The summed E-state index contributed by atoms with van der Waals surface area (Å²) in [4.78, 5) is 2.86. The molecule has 0 bridgehead atoms. The van der Waals surface area contributed by atoms with Crippen molar-refractivity contribution >= 4 is 22.4 Å². The minimum atomic E-state index is -4.58. The molecule has 0 aromatic carbocycles. The molecule has 0 aliphatic heterocycles. The molecular formula is C4HF3LiNO2S2. The summed E-state index contributed by atoms with van der Waals surface area (Å²) in [6, 6.07) is 0. The van der Waals surface area contributed by atoms with Crippen LogP contribution in [0.2, 0.25) is 0 Å². The van der Waals surface area contributed by atoms with Gasteiger partial charge in [0.05, 0.1) is 0 Å². The summed E-state index contributed by atoms with van der Waals surface area (Å²) in [7, 11) is 0. The first-order chi connectivity index (χ1) is 5.41. The molecule has 1 unspecified atom stereocenters. The van der Waals surface area contributed by atoms with E-state index in [0.29, 0.717) is 16.7 Å². The standard InChI is InChI=1S/C4H2F3NO2S2.Li/c5-4(6,7)2-1-11-3(8-2)12(9)10;/h1H,(H,9,10);/q;+1/p-1. The molecule has 0 spiro atoms. The predicted molar refractivity (Wildman–Crippen MR) is 34.3 cm³/mol. The van der Waals surface area contributed by atoms with Crippen LogP contribution in [-0.4, -0.2) is 13.7 Å². The van der Waals surface area contributed by atoms with Gasteiger partial charge in [-0.15, -0.1) is 11.3 Å². The first-order valence-electron chi connectivity index (χ1n) is 2.53. The Morgan fingerprint density at radius 1 is 1.54 bits per heavy atom. The maximum Gasteiger partial charge on any atom is 1.00 e. The molecule has 1 heterocycles. The number of halogens is 3. The third kappa shape index (κ3) is 3.40. The van der Waals surface area contributed by atoms with Crippen molar-refractivity contribution in [3.05, 3.63) is 11.1 Å². The summed E-state index contributed by atoms with van der Waals surface area (Å²) in [5, 5.41) is 0.658. The summed E-state index contributed by atoms with van der Waals surface area (Å²) in [5.41, 5.74) is -1.17. The SMILES string of the molecule is O=S([O-])c1nc(C(F)(F)F)cs1.[Li+]. The van der Waals surface area contributed by atoms with Crippen LogP contribution in [-0.2, 0) is 17.3 Å². The van der Waals surface area contributed by atoms with Gasteiger partial charge in [-0.25, -0.2) is 4.98 Å². The first-order valence-corrected chi connectivity index (χ1v) is 4.48. The van der Waals surface area contributed by atoms with Crippen molar-refractivity contribution in [1.82, 2.24) is 4.98 Å². The number of rotatable bonds is 1. The molecule has 1 aromatic rings. The zero-order chi connectivity index (χ0) is 9.35. The molecule has 13 heavy (non-hydrogen) atoms. The molecule has 9 heteroatoms. The Kier molecular flexibility index (Phi) is 4.61. The van der Waals surface area contributed by atoms with Crippen LogP contribution in [0.4, 0.5) is 13.2 Å². The molecule has 0 fully saturated rings. The molecule has 1 rings (SSSR count). The van der Waals surface area contributed by atoms with Crippen molar-refractivity contribution in [3.63, 3.8) is 0 Å². The van der Waals surface area contributed by atoms with Crippen molar-refractivity contribution < 1.29 is 40.8 Å². The average Bonchev–Trinajstić information content (AvgIpc) is 2.30. The Morgan fingerprint density at radius 3 is 2.31 bits per heavy atom. The van der Waals surface area contributed by atoms with Crippen LogP contribution in [0.15, 0.2) is 9.72 Å². The molecule has 0 N–H and O–H groups in total. The fraction of sp³-hybridized carbons (Fsp3) is 0.250. The number of aromatic nitrogens is 1. The van der Waals surface area contributed by atoms with Gasteiger partial charge in [0.15, 0.2) is 10.0 Å². The maximum atomic E-state index is 11.8. The Labute approximate surface area is 89.8 Å². The van der Waals surface area contributed by atoms with Crippen LogP contribution in [0, 0.1) is 0 Å². The van der Waals surface area contributed by atoms with Crippen LogP contribution in [0.25, 0.3) is 0 Å². The van der Waals surface area contributed by atoms with E-state index in [1.54, 1.807) is 0 Å². The van der Waals surface area contributed by atoms with Crippen LogP contribution in [0.1, 0.15) is 5.69 Å². The van der Waals surface area contributed by atoms with E-state index in [2.05, 4.69) is 4.98 Å². The quantitative estimate of drug-likeness (QED) is 0.426. The van der Waals surface area contributed by atoms with Gasteiger partial charge >= 0.3 is 25.0 Å². The van der Waals surface area contributed by atoms with E-state index in [4.69, 9.17) is 0 Å². The van der Waals surface area contributed by atoms with Crippen LogP contribution in [0.5, 0.6) is 0 Å². The smallest absolute Gasteiger partial charge is 0.767 e. The van der Waals surface area contributed by atoms with Gasteiger partial charge in [-0.1, -0.05) is 0 Å². The second-order valence-electron chi connectivity index (χ2n) is 1.73. The van der Waals surface area contributed by atoms with Gasteiger partial charge in [-0.2, -0.15) is 13.2 Å². The molecule has 0 saturated heterocycles. The van der Waals surface area contributed by atoms with Gasteiger partial charge in [0.1, 0.15) is 0 Å². The van der Waals surface area contributed by atoms with Crippen molar-refractivity contribution in [2.45, 2.75) is 10.5 Å². The molecule has 0 radical (unpaired) electrons. The normalized spacial score (nSPS) is 13.5. The minimum absolute atomic E-state index is 0. The zero-order valence-corrected chi connectivity index (χ0v) is 7.92. The number of alkyl halides is 3. The largest absolute Gasteiger partial charge is 1.00 e. The van der Waals surface area contributed by atoms with Gasteiger partial charge in [0, 0.05) is 16.5 Å². The summed E-state index contributed by atoms with van der Waals surface area (Å²) in [6.07, 6.45) is -4.58. The van der Waals surface area contributed by atoms with E-state index in [1.165, 1.54) is 0 Å². The second-order valence-corrected chi connectivity index (χ2v) is 3.70. The van der Waals surface area contributed by atoms with Gasteiger partial charge in [-0.05, 0) is 0 Å². The monoisotopic (exact) mass is 223 g/mol. The predicted octanol–water partition coefficient (Wildman–Crippen LogP) is -1.60. The van der Waals surface area contributed by atoms with Crippen LogP contribution in [0.3, 0.4) is 0 Å². The van der Waals surface area contributed by atoms with Crippen LogP contribution >= 0.6 is 11.3 Å². The maximum absolute atomic E-state index is 11.8. The van der Waals surface area contributed by atoms with Crippen molar-refractivity contribution in [1.29, 1.82) is 0 Å². The summed E-state index contributed by atoms with van der Waals surface area (Å²) in [6.45, 7) is 0. The molecule has 0 amide bonds. The first kappa shape index (κ1) is 13.1. The fourth-order valence-corrected chi connectivity index (χ4v) is 1.65. The molecule has 0 aliphatic rings.